The Bertz CT molecular complexity index is 475. The van der Waals surface area contributed by atoms with E-state index in [0.717, 1.165) is 0 Å². The third-order valence-corrected chi connectivity index (χ3v) is 3.56. The van der Waals surface area contributed by atoms with E-state index in [1.807, 2.05) is 0 Å². The lowest BCUT2D eigenvalue weighted by molar-refractivity contribution is -0.125. The third kappa shape index (κ3) is 1.90. The summed E-state index contributed by atoms with van der Waals surface area (Å²) in [5.41, 5.74) is 0.581. The molecule has 0 saturated carbocycles. The van der Waals surface area contributed by atoms with E-state index in [-0.39, 0.29) is 0 Å². The Morgan fingerprint density at radius 1 is 1.06 bits per heavy atom. The van der Waals surface area contributed by atoms with Gasteiger partial charge in [0.05, 0.1) is 16.0 Å². The van der Waals surface area contributed by atoms with Crippen molar-refractivity contribution in [3.05, 3.63) is 33.8 Å². The number of carbonyl (C=O) groups is 2. The number of alkyl halides is 1. The lowest BCUT2D eigenvalue weighted by Gasteiger charge is -2.10. The number of nitrogens with one attached hydrogen (secondary N) is 1. The first-order valence-electron chi connectivity index (χ1n) is 4.44. The summed E-state index contributed by atoms with van der Waals surface area (Å²) in [5.74, 6) is -1.60. The van der Waals surface area contributed by atoms with Crippen molar-refractivity contribution in [2.24, 2.45) is 0 Å². The Labute approximate surface area is 107 Å². The molecular formula is C10H6Cl3NO2. The molecule has 84 valence electrons. The Morgan fingerprint density at radius 2 is 1.75 bits per heavy atom. The van der Waals surface area contributed by atoms with Gasteiger partial charge in [-0.3, -0.25) is 14.9 Å². The summed E-state index contributed by atoms with van der Waals surface area (Å²) in [6.07, 6.45) is 0. The molecule has 1 N–H and O–H groups in total. The fourth-order valence-electron chi connectivity index (χ4n) is 1.58. The fraction of sp³-hybridized carbons (Fsp3) is 0.200. The first-order chi connectivity index (χ1) is 7.50. The SMILES string of the molecule is O=C1NC(=O)C(c2ccc(Cl)c(Cl)c2)C1Cl. The maximum absolute atomic E-state index is 11.5. The second-order valence-electron chi connectivity index (χ2n) is 3.41. The summed E-state index contributed by atoms with van der Waals surface area (Å²) in [4.78, 5) is 22.7. The Balaban J connectivity index is 2.40. The van der Waals surface area contributed by atoms with Gasteiger partial charge >= 0.3 is 0 Å². The highest BCUT2D eigenvalue weighted by Gasteiger charge is 2.41. The summed E-state index contributed by atoms with van der Waals surface area (Å²) in [7, 11) is 0. The van der Waals surface area contributed by atoms with Crippen molar-refractivity contribution in [2.75, 3.05) is 0 Å². The van der Waals surface area contributed by atoms with Crippen LogP contribution >= 0.6 is 34.8 Å². The fourth-order valence-corrected chi connectivity index (χ4v) is 2.20. The van der Waals surface area contributed by atoms with Crippen LogP contribution in [0.5, 0.6) is 0 Å². The van der Waals surface area contributed by atoms with Gasteiger partial charge in [-0.2, -0.15) is 0 Å². The molecule has 2 atom stereocenters. The van der Waals surface area contributed by atoms with Gasteiger partial charge in [-0.15, -0.1) is 11.6 Å². The molecule has 2 unspecified atom stereocenters. The topological polar surface area (TPSA) is 46.2 Å². The molecule has 0 spiro atoms. The van der Waals surface area contributed by atoms with Crippen molar-refractivity contribution in [3.8, 4) is 0 Å². The van der Waals surface area contributed by atoms with E-state index in [4.69, 9.17) is 34.8 Å². The lowest BCUT2D eigenvalue weighted by Crippen LogP contribution is -2.22. The number of hydrogen-bond acceptors (Lipinski definition) is 2. The summed E-state index contributed by atoms with van der Waals surface area (Å²) in [6.45, 7) is 0. The highest BCUT2D eigenvalue weighted by molar-refractivity contribution is 6.42. The first kappa shape index (κ1) is 11.7. The molecule has 0 radical (unpaired) electrons. The van der Waals surface area contributed by atoms with Gasteiger partial charge in [-0.05, 0) is 17.7 Å². The number of halogens is 3. The standard InChI is InChI=1S/C10H6Cl3NO2/c11-5-2-1-4(3-6(5)12)7-8(13)10(16)14-9(7)15/h1-3,7-8H,(H,14,15,16). The maximum atomic E-state index is 11.5. The smallest absolute Gasteiger partial charge is 0.245 e. The largest absolute Gasteiger partial charge is 0.295 e. The van der Waals surface area contributed by atoms with Crippen LogP contribution in [0.2, 0.25) is 10.0 Å². The molecule has 2 rings (SSSR count). The number of rotatable bonds is 1. The molecule has 2 amide bonds. The quantitative estimate of drug-likeness (QED) is 0.633. The second kappa shape index (κ2) is 4.24. The monoisotopic (exact) mass is 277 g/mol. The Morgan fingerprint density at radius 3 is 2.25 bits per heavy atom. The van der Waals surface area contributed by atoms with Crippen molar-refractivity contribution >= 4 is 46.6 Å². The molecule has 0 aliphatic carbocycles. The molecule has 1 heterocycles. The minimum atomic E-state index is -0.898. The molecule has 6 heteroatoms. The number of amides is 2. The predicted octanol–water partition coefficient (Wildman–Crippen LogP) is 2.34. The third-order valence-electron chi connectivity index (χ3n) is 2.37. The van der Waals surface area contributed by atoms with E-state index in [2.05, 4.69) is 5.32 Å². The van der Waals surface area contributed by atoms with E-state index >= 15 is 0 Å². The number of imide groups is 1. The van der Waals surface area contributed by atoms with Crippen LogP contribution in [0.3, 0.4) is 0 Å². The molecule has 1 aliphatic rings. The molecule has 3 nitrogen and oxygen atoms in total. The van der Waals surface area contributed by atoms with Gasteiger partial charge in [-0.25, -0.2) is 0 Å². The number of hydrogen-bond donors (Lipinski definition) is 1. The summed E-state index contributed by atoms with van der Waals surface area (Å²) in [6, 6.07) is 4.74. The first-order valence-corrected chi connectivity index (χ1v) is 5.63. The Hall–Kier alpha value is -0.770. The van der Waals surface area contributed by atoms with Gasteiger partial charge in [0, 0.05) is 0 Å². The zero-order valence-corrected chi connectivity index (χ0v) is 10.1. The molecule has 1 saturated heterocycles. The molecule has 0 aromatic heterocycles. The van der Waals surface area contributed by atoms with Crippen molar-refractivity contribution in [1.82, 2.24) is 5.32 Å². The average molecular weight is 279 g/mol. The average Bonchev–Trinajstić information content (AvgIpc) is 2.47. The van der Waals surface area contributed by atoms with Crippen LogP contribution in [0.25, 0.3) is 0 Å². The van der Waals surface area contributed by atoms with E-state index in [1.165, 1.54) is 0 Å². The van der Waals surface area contributed by atoms with Crippen LogP contribution in [0.4, 0.5) is 0 Å². The summed E-state index contributed by atoms with van der Waals surface area (Å²) in [5, 5.41) is 1.98. The highest BCUT2D eigenvalue weighted by Crippen LogP contribution is 2.32. The summed E-state index contributed by atoms with van der Waals surface area (Å²) >= 11 is 17.4. The molecule has 0 bridgehead atoms. The molecule has 1 fully saturated rings. The van der Waals surface area contributed by atoms with Crippen LogP contribution in [0.1, 0.15) is 11.5 Å². The van der Waals surface area contributed by atoms with Crippen molar-refractivity contribution in [3.63, 3.8) is 0 Å². The predicted molar refractivity (Wildman–Crippen MR) is 62.0 cm³/mol. The van der Waals surface area contributed by atoms with Gasteiger partial charge < -0.3 is 0 Å². The maximum Gasteiger partial charge on any atom is 0.245 e. The molecule has 1 aromatic rings. The highest BCUT2D eigenvalue weighted by atomic mass is 35.5. The van der Waals surface area contributed by atoms with Crippen LogP contribution in [-0.2, 0) is 9.59 Å². The van der Waals surface area contributed by atoms with Crippen LogP contribution in [0.15, 0.2) is 18.2 Å². The van der Waals surface area contributed by atoms with Crippen molar-refractivity contribution in [1.29, 1.82) is 0 Å². The van der Waals surface area contributed by atoms with E-state index in [9.17, 15) is 9.59 Å². The zero-order valence-electron chi connectivity index (χ0n) is 7.84. The van der Waals surface area contributed by atoms with Gasteiger partial charge in [0.15, 0.2) is 0 Å². The van der Waals surface area contributed by atoms with Crippen LogP contribution in [-0.4, -0.2) is 17.2 Å². The second-order valence-corrected chi connectivity index (χ2v) is 4.69. The van der Waals surface area contributed by atoms with E-state index in [0.29, 0.717) is 15.6 Å². The minimum Gasteiger partial charge on any atom is -0.295 e. The van der Waals surface area contributed by atoms with E-state index < -0.39 is 23.1 Å². The molecule has 1 aliphatic heterocycles. The Kier molecular flexibility index (Phi) is 3.10. The minimum absolute atomic E-state index is 0.329. The van der Waals surface area contributed by atoms with Crippen molar-refractivity contribution < 1.29 is 9.59 Å². The van der Waals surface area contributed by atoms with Gasteiger partial charge in [0.1, 0.15) is 5.38 Å². The lowest BCUT2D eigenvalue weighted by atomic mass is 9.97. The number of benzene rings is 1. The molecule has 16 heavy (non-hydrogen) atoms. The molecule has 1 aromatic carbocycles. The van der Waals surface area contributed by atoms with Gasteiger partial charge in [0.2, 0.25) is 11.8 Å². The molecular weight excluding hydrogens is 272 g/mol. The van der Waals surface area contributed by atoms with Crippen LogP contribution < -0.4 is 5.32 Å². The van der Waals surface area contributed by atoms with Crippen molar-refractivity contribution in [2.45, 2.75) is 11.3 Å². The summed E-state index contributed by atoms with van der Waals surface area (Å²) < 4.78 is 0. The normalized spacial score (nSPS) is 24.7. The van der Waals surface area contributed by atoms with Gasteiger partial charge in [0.25, 0.3) is 0 Å². The van der Waals surface area contributed by atoms with Gasteiger partial charge in [-0.1, -0.05) is 29.3 Å². The zero-order chi connectivity index (χ0) is 11.9. The number of carbonyl (C=O) groups excluding carboxylic acids is 2. The van der Waals surface area contributed by atoms with E-state index in [1.54, 1.807) is 18.2 Å². The van der Waals surface area contributed by atoms with Crippen LogP contribution in [0, 0.1) is 0 Å².